The molecule has 6 heteroatoms. The van der Waals surface area contributed by atoms with Gasteiger partial charge in [-0.05, 0) is 36.4 Å². The van der Waals surface area contributed by atoms with Crippen LogP contribution in [0.1, 0.15) is 12.2 Å². The van der Waals surface area contributed by atoms with Gasteiger partial charge in [-0.25, -0.2) is 4.98 Å². The van der Waals surface area contributed by atoms with Crippen molar-refractivity contribution in [2.24, 2.45) is 5.73 Å². The summed E-state index contributed by atoms with van der Waals surface area (Å²) < 4.78 is 7.73. The number of para-hydroxylation sites is 2. The summed E-state index contributed by atoms with van der Waals surface area (Å²) in [7, 11) is 0. The van der Waals surface area contributed by atoms with Gasteiger partial charge in [0.25, 0.3) is 0 Å². The van der Waals surface area contributed by atoms with E-state index in [4.69, 9.17) is 22.1 Å². The van der Waals surface area contributed by atoms with Crippen LogP contribution < -0.4 is 10.5 Å². The van der Waals surface area contributed by atoms with Crippen molar-refractivity contribution in [3.63, 3.8) is 0 Å². The number of rotatable bonds is 6. The molecule has 0 aliphatic rings. The molecule has 1 heterocycles. The largest absolute Gasteiger partial charge is 0.486 e. The lowest BCUT2D eigenvalue weighted by molar-refractivity contribution is -0.118. The quantitative estimate of drug-likeness (QED) is 0.755. The van der Waals surface area contributed by atoms with Crippen molar-refractivity contribution in [3.05, 3.63) is 59.4 Å². The van der Waals surface area contributed by atoms with Crippen LogP contribution in [-0.2, 0) is 17.9 Å². The van der Waals surface area contributed by atoms with Gasteiger partial charge in [-0.15, -0.1) is 0 Å². The molecule has 5 nitrogen and oxygen atoms in total. The molecular formula is C17H16ClN3O2. The van der Waals surface area contributed by atoms with Crippen molar-refractivity contribution in [2.75, 3.05) is 0 Å². The second-order valence-corrected chi connectivity index (χ2v) is 5.56. The summed E-state index contributed by atoms with van der Waals surface area (Å²) in [6, 6.07) is 14.9. The zero-order valence-electron chi connectivity index (χ0n) is 12.4. The minimum Gasteiger partial charge on any atom is -0.486 e. The summed E-state index contributed by atoms with van der Waals surface area (Å²) in [5.74, 6) is 1.12. The Kier molecular flexibility index (Phi) is 4.48. The van der Waals surface area contributed by atoms with Crippen molar-refractivity contribution in [2.45, 2.75) is 19.6 Å². The molecule has 0 bridgehead atoms. The summed E-state index contributed by atoms with van der Waals surface area (Å²) in [6.07, 6.45) is 0.258. The van der Waals surface area contributed by atoms with Gasteiger partial charge < -0.3 is 15.0 Å². The second kappa shape index (κ2) is 6.71. The number of nitrogens with two attached hydrogens (primary N) is 1. The number of hydrogen-bond acceptors (Lipinski definition) is 3. The molecule has 3 aromatic rings. The molecule has 0 saturated carbocycles. The van der Waals surface area contributed by atoms with Crippen LogP contribution in [0, 0.1) is 0 Å². The second-order valence-electron chi connectivity index (χ2n) is 5.13. The van der Waals surface area contributed by atoms with Gasteiger partial charge in [0.1, 0.15) is 18.2 Å². The Labute approximate surface area is 138 Å². The molecule has 3 rings (SSSR count). The number of ether oxygens (including phenoxy) is 1. The van der Waals surface area contributed by atoms with Gasteiger partial charge in [0, 0.05) is 18.0 Å². The van der Waals surface area contributed by atoms with E-state index in [2.05, 4.69) is 4.98 Å². The highest BCUT2D eigenvalue weighted by atomic mass is 35.5. The lowest BCUT2D eigenvalue weighted by Gasteiger charge is -2.09. The van der Waals surface area contributed by atoms with E-state index in [0.717, 1.165) is 16.9 Å². The summed E-state index contributed by atoms with van der Waals surface area (Å²) in [6.45, 7) is 0.782. The van der Waals surface area contributed by atoms with Gasteiger partial charge in [-0.2, -0.15) is 0 Å². The van der Waals surface area contributed by atoms with Crippen LogP contribution in [0.25, 0.3) is 11.0 Å². The normalized spacial score (nSPS) is 10.8. The molecule has 0 radical (unpaired) electrons. The number of nitrogens with zero attached hydrogens (tertiary/aromatic N) is 2. The first kappa shape index (κ1) is 15.4. The number of carbonyl (C=O) groups is 1. The first-order chi connectivity index (χ1) is 11.1. The predicted octanol–water partition coefficient (Wildman–Crippen LogP) is 3.14. The van der Waals surface area contributed by atoms with E-state index in [0.29, 0.717) is 23.9 Å². The molecule has 0 unspecified atom stereocenters. The van der Waals surface area contributed by atoms with E-state index >= 15 is 0 Å². The number of aryl methyl sites for hydroxylation is 1. The maximum absolute atomic E-state index is 11.1. The number of aromatic nitrogens is 2. The Morgan fingerprint density at radius 1 is 1.17 bits per heavy atom. The third kappa shape index (κ3) is 3.63. The van der Waals surface area contributed by atoms with E-state index in [1.807, 2.05) is 28.8 Å². The molecule has 0 aliphatic heterocycles. The van der Waals surface area contributed by atoms with Gasteiger partial charge >= 0.3 is 0 Å². The highest BCUT2D eigenvalue weighted by molar-refractivity contribution is 6.30. The van der Waals surface area contributed by atoms with E-state index in [1.165, 1.54) is 0 Å². The van der Waals surface area contributed by atoms with Crippen LogP contribution in [0.5, 0.6) is 5.75 Å². The van der Waals surface area contributed by atoms with E-state index in [1.54, 1.807) is 24.3 Å². The Bertz CT molecular complexity index is 827. The minimum atomic E-state index is -0.340. The number of imidazole rings is 1. The van der Waals surface area contributed by atoms with E-state index in [-0.39, 0.29) is 12.3 Å². The average Bonchev–Trinajstić information content (AvgIpc) is 2.90. The number of primary amides is 1. The lowest BCUT2D eigenvalue weighted by atomic mass is 10.3. The maximum atomic E-state index is 11.1. The summed E-state index contributed by atoms with van der Waals surface area (Å²) >= 11 is 5.86. The summed E-state index contributed by atoms with van der Waals surface area (Å²) in [4.78, 5) is 15.7. The molecule has 0 atom stereocenters. The highest BCUT2D eigenvalue weighted by Gasteiger charge is 2.11. The van der Waals surface area contributed by atoms with Crippen LogP contribution in [0.15, 0.2) is 48.5 Å². The Morgan fingerprint density at radius 3 is 2.65 bits per heavy atom. The molecule has 0 fully saturated rings. The molecule has 2 aromatic carbocycles. The fourth-order valence-electron chi connectivity index (χ4n) is 2.39. The molecule has 0 aliphatic carbocycles. The van der Waals surface area contributed by atoms with Crippen LogP contribution >= 0.6 is 11.6 Å². The number of hydrogen-bond donors (Lipinski definition) is 1. The van der Waals surface area contributed by atoms with Gasteiger partial charge in [-0.1, -0.05) is 23.7 Å². The molecule has 2 N–H and O–H groups in total. The number of amides is 1. The monoisotopic (exact) mass is 329 g/mol. The standard InChI is InChI=1S/C17H16ClN3O2/c18-12-5-7-13(8-6-12)23-11-17-20-14-3-1-2-4-15(14)21(17)10-9-16(19)22/h1-8H,9-11H2,(H2,19,22). The van der Waals surface area contributed by atoms with Gasteiger partial charge in [0.05, 0.1) is 11.0 Å². The number of carbonyl (C=O) groups excluding carboxylic acids is 1. The highest BCUT2D eigenvalue weighted by Crippen LogP contribution is 2.20. The summed E-state index contributed by atoms with van der Waals surface area (Å²) in [5, 5.41) is 0.658. The van der Waals surface area contributed by atoms with Crippen LogP contribution in [0.3, 0.4) is 0 Å². The Balaban J connectivity index is 1.84. The van der Waals surface area contributed by atoms with Crippen molar-refractivity contribution < 1.29 is 9.53 Å². The maximum Gasteiger partial charge on any atom is 0.219 e. The first-order valence-electron chi connectivity index (χ1n) is 7.24. The van der Waals surface area contributed by atoms with Crippen molar-refractivity contribution >= 4 is 28.5 Å². The van der Waals surface area contributed by atoms with Crippen molar-refractivity contribution in [3.8, 4) is 5.75 Å². The van der Waals surface area contributed by atoms with Crippen LogP contribution in [-0.4, -0.2) is 15.5 Å². The van der Waals surface area contributed by atoms with E-state index < -0.39 is 0 Å². The smallest absolute Gasteiger partial charge is 0.219 e. The van der Waals surface area contributed by atoms with Gasteiger partial charge in [-0.3, -0.25) is 4.79 Å². The van der Waals surface area contributed by atoms with Gasteiger partial charge in [0.2, 0.25) is 5.91 Å². The third-order valence-corrected chi connectivity index (χ3v) is 3.75. The van der Waals surface area contributed by atoms with Gasteiger partial charge in [0.15, 0.2) is 0 Å². The molecular weight excluding hydrogens is 314 g/mol. The van der Waals surface area contributed by atoms with E-state index in [9.17, 15) is 4.79 Å². The Morgan fingerprint density at radius 2 is 1.91 bits per heavy atom. The Hall–Kier alpha value is -2.53. The predicted molar refractivity (Wildman–Crippen MR) is 89.3 cm³/mol. The zero-order valence-corrected chi connectivity index (χ0v) is 13.2. The van der Waals surface area contributed by atoms with Crippen molar-refractivity contribution in [1.82, 2.24) is 9.55 Å². The number of halogens is 1. The summed E-state index contributed by atoms with van der Waals surface area (Å²) in [5.41, 5.74) is 7.09. The third-order valence-electron chi connectivity index (χ3n) is 3.50. The van der Waals surface area contributed by atoms with Crippen LogP contribution in [0.2, 0.25) is 5.02 Å². The first-order valence-corrected chi connectivity index (χ1v) is 7.62. The SMILES string of the molecule is NC(=O)CCn1c(COc2ccc(Cl)cc2)nc2ccccc21. The zero-order chi connectivity index (χ0) is 16.2. The number of fused-ring (bicyclic) bond motifs is 1. The molecule has 1 aromatic heterocycles. The molecule has 118 valence electrons. The average molecular weight is 330 g/mol. The van der Waals surface area contributed by atoms with Crippen LogP contribution in [0.4, 0.5) is 0 Å². The minimum absolute atomic E-state index is 0.258. The molecule has 0 saturated heterocycles. The fraction of sp³-hybridized carbons (Fsp3) is 0.176. The topological polar surface area (TPSA) is 70.1 Å². The number of benzene rings is 2. The molecule has 1 amide bonds. The lowest BCUT2D eigenvalue weighted by Crippen LogP contribution is -2.15. The molecule has 23 heavy (non-hydrogen) atoms. The fourth-order valence-corrected chi connectivity index (χ4v) is 2.51. The molecule has 0 spiro atoms. The van der Waals surface area contributed by atoms with Crippen molar-refractivity contribution in [1.29, 1.82) is 0 Å².